The zero-order chi connectivity index (χ0) is 10.1. The van der Waals surface area contributed by atoms with E-state index in [1.54, 1.807) is 19.3 Å². The van der Waals surface area contributed by atoms with E-state index in [4.69, 9.17) is 9.63 Å². The van der Waals surface area contributed by atoms with E-state index in [1.165, 1.54) is 6.07 Å². The molecule has 0 amide bonds. The van der Waals surface area contributed by atoms with Gasteiger partial charge in [-0.3, -0.25) is 0 Å². The van der Waals surface area contributed by atoms with Gasteiger partial charge in [0.25, 0.3) is 0 Å². The maximum atomic E-state index is 10.8. The standard InChI is InChI=1S/C9H8N2O3/c1-5-4-11-14-8(5)7-6(9(12)13)2-3-10-7/h2-4,10H,1H3,(H,12,13). The minimum atomic E-state index is -0.989. The van der Waals surface area contributed by atoms with Crippen LogP contribution in [0.2, 0.25) is 0 Å². The van der Waals surface area contributed by atoms with Crippen molar-refractivity contribution in [1.82, 2.24) is 10.1 Å². The number of nitrogens with zero attached hydrogens (tertiary/aromatic N) is 1. The molecule has 0 saturated heterocycles. The summed E-state index contributed by atoms with van der Waals surface area (Å²) >= 11 is 0. The second-order valence-corrected chi connectivity index (χ2v) is 2.91. The van der Waals surface area contributed by atoms with Gasteiger partial charge in [-0.15, -0.1) is 0 Å². The Morgan fingerprint density at radius 1 is 1.64 bits per heavy atom. The Morgan fingerprint density at radius 2 is 2.43 bits per heavy atom. The fourth-order valence-electron chi connectivity index (χ4n) is 1.27. The minimum Gasteiger partial charge on any atom is -0.478 e. The van der Waals surface area contributed by atoms with Gasteiger partial charge in [-0.05, 0) is 13.0 Å². The molecule has 0 saturated carbocycles. The van der Waals surface area contributed by atoms with E-state index in [-0.39, 0.29) is 5.56 Å². The van der Waals surface area contributed by atoms with Crippen LogP contribution in [-0.4, -0.2) is 21.2 Å². The number of carboxylic acids is 1. The van der Waals surface area contributed by atoms with Crippen LogP contribution >= 0.6 is 0 Å². The van der Waals surface area contributed by atoms with E-state index >= 15 is 0 Å². The van der Waals surface area contributed by atoms with Gasteiger partial charge in [0.1, 0.15) is 0 Å². The van der Waals surface area contributed by atoms with Crippen LogP contribution in [0.4, 0.5) is 0 Å². The maximum absolute atomic E-state index is 10.8. The fourth-order valence-corrected chi connectivity index (χ4v) is 1.27. The van der Waals surface area contributed by atoms with E-state index < -0.39 is 5.97 Å². The number of hydrogen-bond acceptors (Lipinski definition) is 3. The van der Waals surface area contributed by atoms with Crippen LogP contribution < -0.4 is 0 Å². The Morgan fingerprint density at radius 3 is 3.00 bits per heavy atom. The molecule has 0 unspecified atom stereocenters. The lowest BCUT2D eigenvalue weighted by Gasteiger charge is -1.95. The summed E-state index contributed by atoms with van der Waals surface area (Å²) in [6, 6.07) is 1.49. The second kappa shape index (κ2) is 3.02. The number of hydrogen-bond donors (Lipinski definition) is 2. The molecule has 5 nitrogen and oxygen atoms in total. The third-order valence-corrected chi connectivity index (χ3v) is 1.95. The van der Waals surface area contributed by atoms with Gasteiger partial charge < -0.3 is 14.6 Å². The molecule has 2 aromatic rings. The number of aryl methyl sites for hydroxylation is 1. The molecule has 0 atom stereocenters. The topological polar surface area (TPSA) is 79.1 Å². The first kappa shape index (κ1) is 8.55. The number of aromatic nitrogens is 2. The van der Waals surface area contributed by atoms with Gasteiger partial charge in [0.05, 0.1) is 17.5 Å². The van der Waals surface area contributed by atoms with Gasteiger partial charge in [0.15, 0.2) is 5.76 Å². The second-order valence-electron chi connectivity index (χ2n) is 2.91. The van der Waals surface area contributed by atoms with Crippen LogP contribution in [0.25, 0.3) is 11.5 Å². The number of nitrogens with one attached hydrogen (secondary N) is 1. The highest BCUT2D eigenvalue weighted by molar-refractivity contribution is 5.94. The van der Waals surface area contributed by atoms with Crippen LogP contribution in [0.3, 0.4) is 0 Å². The zero-order valence-electron chi connectivity index (χ0n) is 7.44. The van der Waals surface area contributed by atoms with Crippen molar-refractivity contribution in [3.63, 3.8) is 0 Å². The van der Waals surface area contributed by atoms with Gasteiger partial charge in [0.2, 0.25) is 0 Å². The smallest absolute Gasteiger partial charge is 0.338 e. The monoisotopic (exact) mass is 192 g/mol. The zero-order valence-corrected chi connectivity index (χ0v) is 7.44. The molecule has 0 spiro atoms. The molecule has 14 heavy (non-hydrogen) atoms. The average molecular weight is 192 g/mol. The number of aromatic carboxylic acids is 1. The highest BCUT2D eigenvalue weighted by atomic mass is 16.5. The molecular weight excluding hydrogens is 184 g/mol. The molecule has 0 aliphatic carbocycles. The van der Waals surface area contributed by atoms with E-state index in [0.29, 0.717) is 11.5 Å². The van der Waals surface area contributed by atoms with Gasteiger partial charge in [0, 0.05) is 11.8 Å². The van der Waals surface area contributed by atoms with Gasteiger partial charge in [-0.1, -0.05) is 5.16 Å². The van der Waals surface area contributed by atoms with Crippen LogP contribution in [0, 0.1) is 6.92 Å². The van der Waals surface area contributed by atoms with Crippen molar-refractivity contribution in [2.45, 2.75) is 6.92 Å². The Hall–Kier alpha value is -2.04. The molecule has 72 valence electrons. The quantitative estimate of drug-likeness (QED) is 0.758. The SMILES string of the molecule is Cc1cnoc1-c1[nH]ccc1C(=O)O. The first-order chi connectivity index (χ1) is 6.70. The fraction of sp³-hybridized carbons (Fsp3) is 0.111. The Bertz CT molecular complexity index is 470. The molecule has 0 aliphatic heterocycles. The lowest BCUT2D eigenvalue weighted by molar-refractivity contribution is 0.0697. The molecule has 0 fully saturated rings. The van der Waals surface area contributed by atoms with Crippen molar-refractivity contribution >= 4 is 5.97 Å². The highest BCUT2D eigenvalue weighted by Gasteiger charge is 2.17. The largest absolute Gasteiger partial charge is 0.478 e. The minimum absolute atomic E-state index is 0.185. The average Bonchev–Trinajstić information content (AvgIpc) is 2.70. The summed E-state index contributed by atoms with van der Waals surface area (Å²) in [5.41, 5.74) is 1.44. The van der Waals surface area contributed by atoms with Crippen molar-refractivity contribution in [1.29, 1.82) is 0 Å². The predicted octanol–water partition coefficient (Wildman–Crippen LogP) is 1.68. The van der Waals surface area contributed by atoms with Crippen LogP contribution in [0.15, 0.2) is 23.0 Å². The normalized spacial score (nSPS) is 10.4. The lowest BCUT2D eigenvalue weighted by Crippen LogP contribution is -1.96. The number of rotatable bonds is 2. The molecule has 2 heterocycles. The molecule has 2 N–H and O–H groups in total. The van der Waals surface area contributed by atoms with E-state index in [0.717, 1.165) is 5.56 Å². The molecule has 0 aromatic carbocycles. The summed E-state index contributed by atoms with van der Waals surface area (Å²) < 4.78 is 4.95. The Labute approximate surface area is 79.3 Å². The molecule has 0 bridgehead atoms. The Balaban J connectivity index is 2.57. The van der Waals surface area contributed by atoms with Crippen LogP contribution in [-0.2, 0) is 0 Å². The van der Waals surface area contributed by atoms with Crippen molar-refractivity contribution in [2.75, 3.05) is 0 Å². The third kappa shape index (κ3) is 1.19. The molecule has 0 aliphatic rings. The summed E-state index contributed by atoms with van der Waals surface area (Å²) in [5.74, 6) is -0.524. The summed E-state index contributed by atoms with van der Waals surface area (Å²) in [4.78, 5) is 13.6. The molecule has 5 heteroatoms. The van der Waals surface area contributed by atoms with E-state index in [2.05, 4.69) is 10.1 Å². The number of H-pyrrole nitrogens is 1. The first-order valence-electron chi connectivity index (χ1n) is 4.02. The maximum Gasteiger partial charge on any atom is 0.338 e. The number of carboxylic acid groups (broad SMARTS) is 1. The van der Waals surface area contributed by atoms with Crippen LogP contribution in [0.5, 0.6) is 0 Å². The van der Waals surface area contributed by atoms with Crippen molar-refractivity contribution < 1.29 is 14.4 Å². The van der Waals surface area contributed by atoms with E-state index in [9.17, 15) is 4.79 Å². The summed E-state index contributed by atoms with van der Waals surface area (Å²) in [6.45, 7) is 1.80. The van der Waals surface area contributed by atoms with Gasteiger partial charge >= 0.3 is 5.97 Å². The Kier molecular flexibility index (Phi) is 1.85. The first-order valence-corrected chi connectivity index (χ1v) is 4.02. The van der Waals surface area contributed by atoms with Gasteiger partial charge in [-0.25, -0.2) is 4.79 Å². The molecule has 2 aromatic heterocycles. The summed E-state index contributed by atoms with van der Waals surface area (Å²) in [7, 11) is 0. The van der Waals surface area contributed by atoms with Gasteiger partial charge in [-0.2, -0.15) is 0 Å². The molecule has 2 rings (SSSR count). The lowest BCUT2D eigenvalue weighted by atomic mass is 10.1. The third-order valence-electron chi connectivity index (χ3n) is 1.95. The summed E-state index contributed by atoms with van der Waals surface area (Å²) in [5, 5.41) is 12.5. The molecule has 0 radical (unpaired) electrons. The van der Waals surface area contributed by atoms with Crippen molar-refractivity contribution in [3.8, 4) is 11.5 Å². The molecular formula is C9H8N2O3. The van der Waals surface area contributed by atoms with Crippen LogP contribution in [0.1, 0.15) is 15.9 Å². The highest BCUT2D eigenvalue weighted by Crippen LogP contribution is 2.24. The van der Waals surface area contributed by atoms with E-state index in [1.807, 2.05) is 0 Å². The van der Waals surface area contributed by atoms with Crippen molar-refractivity contribution in [2.24, 2.45) is 0 Å². The predicted molar refractivity (Wildman–Crippen MR) is 48.0 cm³/mol. The number of aromatic amines is 1. The van der Waals surface area contributed by atoms with Crippen molar-refractivity contribution in [3.05, 3.63) is 29.6 Å². The summed E-state index contributed by atoms with van der Waals surface area (Å²) in [6.07, 6.45) is 3.10. The number of carbonyl (C=O) groups is 1.